The number of aryl methyl sites for hydroxylation is 1. The number of nitro groups is 1. The minimum absolute atomic E-state index is 0.0631. The van der Waals surface area contributed by atoms with Crippen molar-refractivity contribution in [2.45, 2.75) is 44.9 Å². The van der Waals surface area contributed by atoms with Gasteiger partial charge in [-0.1, -0.05) is 0 Å². The molecule has 6 nitrogen and oxygen atoms in total. The van der Waals surface area contributed by atoms with Crippen LogP contribution >= 0.6 is 11.3 Å². The Labute approximate surface area is 168 Å². The maximum absolute atomic E-state index is 11.3. The molecule has 1 fully saturated rings. The predicted octanol–water partition coefficient (Wildman–Crippen LogP) is 5.15. The van der Waals surface area contributed by atoms with Crippen molar-refractivity contribution in [2.24, 2.45) is 4.99 Å². The van der Waals surface area contributed by atoms with Crippen molar-refractivity contribution in [3.63, 3.8) is 0 Å². The van der Waals surface area contributed by atoms with Crippen molar-refractivity contribution in [1.82, 2.24) is 0 Å². The monoisotopic (exact) mass is 394 g/mol. The molecular weight excluding hydrogens is 372 g/mol. The van der Waals surface area contributed by atoms with E-state index in [-0.39, 0.29) is 10.6 Å². The molecular formula is C21H22N4O2S. The predicted molar refractivity (Wildman–Crippen MR) is 112 cm³/mol. The van der Waals surface area contributed by atoms with Crippen LogP contribution in [-0.2, 0) is 12.8 Å². The van der Waals surface area contributed by atoms with Crippen LogP contribution in [0.15, 0.2) is 23.2 Å². The number of nitrogens with zero attached hydrogens (tertiary/aromatic N) is 4. The fourth-order valence-electron chi connectivity index (χ4n) is 4.07. The van der Waals surface area contributed by atoms with E-state index in [0.29, 0.717) is 5.56 Å². The normalized spacial score (nSPS) is 16.8. The van der Waals surface area contributed by atoms with Gasteiger partial charge in [-0.05, 0) is 56.6 Å². The van der Waals surface area contributed by atoms with Gasteiger partial charge in [-0.3, -0.25) is 10.1 Å². The van der Waals surface area contributed by atoms with Crippen LogP contribution in [0.3, 0.4) is 0 Å². The lowest BCUT2D eigenvalue weighted by Gasteiger charge is -2.29. The van der Waals surface area contributed by atoms with Gasteiger partial charge in [0.2, 0.25) is 0 Å². The van der Waals surface area contributed by atoms with Crippen molar-refractivity contribution < 1.29 is 4.92 Å². The zero-order valence-corrected chi connectivity index (χ0v) is 16.5. The Morgan fingerprint density at radius 1 is 1.18 bits per heavy atom. The number of benzene rings is 1. The molecule has 0 atom stereocenters. The number of thiophene rings is 1. The average molecular weight is 395 g/mol. The van der Waals surface area contributed by atoms with E-state index in [1.165, 1.54) is 11.3 Å². The first kappa shape index (κ1) is 18.6. The van der Waals surface area contributed by atoms with E-state index in [2.05, 4.69) is 16.0 Å². The maximum Gasteiger partial charge on any atom is 0.270 e. The molecule has 144 valence electrons. The molecule has 0 N–H and O–H groups in total. The summed E-state index contributed by atoms with van der Waals surface area (Å²) < 4.78 is 0. The third-order valence-corrected chi connectivity index (χ3v) is 6.70. The number of nitriles is 1. The fourth-order valence-corrected chi connectivity index (χ4v) is 5.25. The maximum atomic E-state index is 11.3. The van der Waals surface area contributed by atoms with E-state index in [4.69, 9.17) is 0 Å². The van der Waals surface area contributed by atoms with Crippen LogP contribution in [0.1, 0.15) is 53.7 Å². The lowest BCUT2D eigenvalue weighted by Crippen LogP contribution is -2.30. The SMILES string of the molecule is N#Cc1c(N=Cc2cc([N+](=O)[O-])ccc2N2CCCCC2)sc2c1CCCC2. The first-order valence-electron chi connectivity index (χ1n) is 9.79. The molecule has 1 saturated heterocycles. The minimum Gasteiger partial charge on any atom is -0.371 e. The summed E-state index contributed by atoms with van der Waals surface area (Å²) in [6, 6.07) is 7.31. The number of anilines is 1. The molecule has 7 heteroatoms. The number of fused-ring (bicyclic) bond motifs is 1. The van der Waals surface area contributed by atoms with Gasteiger partial charge < -0.3 is 4.90 Å². The first-order chi connectivity index (χ1) is 13.7. The molecule has 4 rings (SSSR count). The van der Waals surface area contributed by atoms with Gasteiger partial charge in [0, 0.05) is 47.6 Å². The van der Waals surface area contributed by atoms with Crippen molar-refractivity contribution in [2.75, 3.05) is 18.0 Å². The highest BCUT2D eigenvalue weighted by Crippen LogP contribution is 2.39. The molecule has 2 aliphatic rings. The van der Waals surface area contributed by atoms with Gasteiger partial charge in [0.05, 0.1) is 10.5 Å². The number of hydrogen-bond donors (Lipinski definition) is 0. The summed E-state index contributed by atoms with van der Waals surface area (Å²) in [5.41, 5.74) is 3.62. The van der Waals surface area contributed by atoms with Crippen molar-refractivity contribution in [3.05, 3.63) is 49.9 Å². The smallest absolute Gasteiger partial charge is 0.270 e. The third-order valence-electron chi connectivity index (χ3n) is 5.50. The van der Waals surface area contributed by atoms with Gasteiger partial charge in [0.15, 0.2) is 0 Å². The molecule has 1 aromatic heterocycles. The molecule has 0 spiro atoms. The van der Waals surface area contributed by atoms with Crippen LogP contribution in [-0.4, -0.2) is 24.2 Å². The molecule has 28 heavy (non-hydrogen) atoms. The van der Waals surface area contributed by atoms with Gasteiger partial charge in [0.1, 0.15) is 11.1 Å². The topological polar surface area (TPSA) is 82.5 Å². The zero-order valence-electron chi connectivity index (χ0n) is 15.7. The molecule has 0 saturated carbocycles. The van der Waals surface area contributed by atoms with Crippen LogP contribution in [0.2, 0.25) is 0 Å². The van der Waals surface area contributed by atoms with Gasteiger partial charge in [-0.25, -0.2) is 4.99 Å². The Balaban J connectivity index is 1.72. The van der Waals surface area contributed by atoms with E-state index in [1.54, 1.807) is 29.7 Å². The molecule has 0 bridgehead atoms. The lowest BCUT2D eigenvalue weighted by atomic mass is 9.96. The molecule has 1 aliphatic heterocycles. The highest BCUT2D eigenvalue weighted by molar-refractivity contribution is 7.16. The van der Waals surface area contributed by atoms with Crippen LogP contribution in [0.5, 0.6) is 0 Å². The van der Waals surface area contributed by atoms with Gasteiger partial charge in [0.25, 0.3) is 5.69 Å². The van der Waals surface area contributed by atoms with Gasteiger partial charge >= 0.3 is 0 Å². The molecule has 0 unspecified atom stereocenters. The fraction of sp³-hybridized carbons (Fsp3) is 0.429. The van der Waals surface area contributed by atoms with Crippen molar-refractivity contribution >= 4 is 33.9 Å². The Kier molecular flexibility index (Phi) is 5.40. The summed E-state index contributed by atoms with van der Waals surface area (Å²) in [5.74, 6) is 0. The quantitative estimate of drug-likeness (QED) is 0.408. The largest absolute Gasteiger partial charge is 0.371 e. The van der Waals surface area contributed by atoms with E-state index in [0.717, 1.165) is 73.4 Å². The third kappa shape index (κ3) is 3.65. The van der Waals surface area contributed by atoms with E-state index in [9.17, 15) is 15.4 Å². The minimum atomic E-state index is -0.373. The van der Waals surface area contributed by atoms with Gasteiger partial charge in [-0.15, -0.1) is 11.3 Å². The average Bonchev–Trinajstić information content (AvgIpc) is 3.10. The first-order valence-corrected chi connectivity index (χ1v) is 10.6. The van der Waals surface area contributed by atoms with Crippen LogP contribution < -0.4 is 4.90 Å². The number of non-ortho nitro benzene ring substituents is 1. The molecule has 0 radical (unpaired) electrons. The number of hydrogen-bond acceptors (Lipinski definition) is 6. The summed E-state index contributed by atoms with van der Waals surface area (Å²) in [6.07, 6.45) is 9.42. The van der Waals surface area contributed by atoms with Crippen molar-refractivity contribution in [3.8, 4) is 6.07 Å². The van der Waals surface area contributed by atoms with Crippen LogP contribution in [0.25, 0.3) is 0 Å². The zero-order chi connectivity index (χ0) is 19.5. The summed E-state index contributed by atoms with van der Waals surface area (Å²) in [6.45, 7) is 1.91. The van der Waals surface area contributed by atoms with E-state index < -0.39 is 0 Å². The second kappa shape index (κ2) is 8.11. The van der Waals surface area contributed by atoms with E-state index in [1.807, 2.05) is 6.07 Å². The Morgan fingerprint density at radius 3 is 2.71 bits per heavy atom. The second-order valence-electron chi connectivity index (χ2n) is 7.31. The molecule has 1 aromatic carbocycles. The second-order valence-corrected chi connectivity index (χ2v) is 8.39. The Morgan fingerprint density at radius 2 is 1.96 bits per heavy atom. The Hall–Kier alpha value is -2.72. The molecule has 1 aliphatic carbocycles. The summed E-state index contributed by atoms with van der Waals surface area (Å²) in [7, 11) is 0. The number of aliphatic imine (C=N–C) groups is 1. The number of rotatable bonds is 4. The van der Waals surface area contributed by atoms with Crippen LogP contribution in [0.4, 0.5) is 16.4 Å². The standard InChI is InChI=1S/C21H22N4O2S/c22-13-18-17-6-2-3-7-20(17)28-21(18)23-14-15-12-16(25(26)27)8-9-19(15)24-10-4-1-5-11-24/h8-9,12,14H,1-7,10-11H2. The van der Waals surface area contributed by atoms with Gasteiger partial charge in [-0.2, -0.15) is 5.26 Å². The number of nitro benzene ring substituents is 1. The number of piperidine rings is 1. The summed E-state index contributed by atoms with van der Waals surface area (Å²) in [4.78, 5) is 19.1. The Bertz CT molecular complexity index is 968. The van der Waals surface area contributed by atoms with Crippen molar-refractivity contribution in [1.29, 1.82) is 5.26 Å². The van der Waals surface area contributed by atoms with Crippen LogP contribution in [0, 0.1) is 21.4 Å². The lowest BCUT2D eigenvalue weighted by molar-refractivity contribution is -0.384. The molecule has 2 heterocycles. The summed E-state index contributed by atoms with van der Waals surface area (Å²) >= 11 is 1.59. The molecule has 0 amide bonds. The molecule has 2 aromatic rings. The highest BCUT2D eigenvalue weighted by Gasteiger charge is 2.21. The highest BCUT2D eigenvalue weighted by atomic mass is 32.1. The summed E-state index contributed by atoms with van der Waals surface area (Å²) in [5, 5.41) is 21.6. The van der Waals surface area contributed by atoms with E-state index >= 15 is 0 Å².